The van der Waals surface area contributed by atoms with Crippen molar-refractivity contribution in [2.45, 2.75) is 71.4 Å². The first-order valence-corrected chi connectivity index (χ1v) is 7.38. The van der Waals surface area contributed by atoms with E-state index in [1.807, 2.05) is 0 Å². The lowest BCUT2D eigenvalue weighted by molar-refractivity contribution is -0.00798. The highest BCUT2D eigenvalue weighted by molar-refractivity contribution is 4.82. The van der Waals surface area contributed by atoms with Gasteiger partial charge in [-0.3, -0.25) is 0 Å². The summed E-state index contributed by atoms with van der Waals surface area (Å²) in [6.07, 6.45) is 6.21. The van der Waals surface area contributed by atoms with Crippen molar-refractivity contribution in [3.8, 4) is 0 Å². The van der Waals surface area contributed by atoms with Crippen LogP contribution in [0.4, 0.5) is 0 Å². The molecule has 1 atom stereocenters. The number of likely N-dealkylation sites (N-methyl/N-ethyl adjacent to an activating group) is 1. The highest BCUT2D eigenvalue weighted by atomic mass is 16.5. The van der Waals surface area contributed by atoms with E-state index in [1.165, 1.54) is 25.7 Å². The summed E-state index contributed by atoms with van der Waals surface area (Å²) in [6.45, 7) is 10.6. The van der Waals surface area contributed by atoms with E-state index in [9.17, 15) is 5.11 Å². The Morgan fingerprint density at radius 1 is 1.33 bits per heavy atom. The molecule has 1 fully saturated rings. The van der Waals surface area contributed by atoms with Gasteiger partial charge >= 0.3 is 0 Å². The zero-order valence-corrected chi connectivity index (χ0v) is 12.6. The van der Waals surface area contributed by atoms with Gasteiger partial charge in [-0.05, 0) is 51.0 Å². The predicted molar refractivity (Wildman–Crippen MR) is 75.8 cm³/mol. The Morgan fingerprint density at radius 3 is 2.44 bits per heavy atom. The Balaban J connectivity index is 2.22. The topological polar surface area (TPSA) is 41.5 Å². The monoisotopic (exact) mass is 257 g/mol. The maximum Gasteiger partial charge on any atom is 0.0611 e. The Morgan fingerprint density at radius 2 is 1.94 bits per heavy atom. The second-order valence-corrected chi connectivity index (χ2v) is 6.73. The van der Waals surface area contributed by atoms with Crippen LogP contribution < -0.4 is 5.32 Å². The molecule has 0 spiro atoms. The quantitative estimate of drug-likeness (QED) is 0.737. The molecule has 0 radical (unpaired) electrons. The molecule has 0 saturated heterocycles. The first-order valence-electron chi connectivity index (χ1n) is 7.38. The van der Waals surface area contributed by atoms with Gasteiger partial charge in [0.1, 0.15) is 0 Å². The van der Waals surface area contributed by atoms with Gasteiger partial charge in [0.25, 0.3) is 0 Å². The Labute approximate surface area is 112 Å². The maximum absolute atomic E-state index is 9.40. The van der Waals surface area contributed by atoms with Crippen LogP contribution in [-0.4, -0.2) is 36.5 Å². The SMILES string of the molecule is CCNC(C)(CO)CCOC1CCC(C)(C)CC1. The third-order valence-corrected chi connectivity index (χ3v) is 4.25. The van der Waals surface area contributed by atoms with Crippen molar-refractivity contribution in [3.63, 3.8) is 0 Å². The van der Waals surface area contributed by atoms with Crippen LogP contribution in [0.5, 0.6) is 0 Å². The summed E-state index contributed by atoms with van der Waals surface area (Å²) in [6, 6.07) is 0. The van der Waals surface area contributed by atoms with Crippen LogP contribution in [0.25, 0.3) is 0 Å². The second-order valence-electron chi connectivity index (χ2n) is 6.73. The molecule has 18 heavy (non-hydrogen) atoms. The van der Waals surface area contributed by atoms with E-state index in [1.54, 1.807) is 0 Å². The molecule has 1 saturated carbocycles. The van der Waals surface area contributed by atoms with Gasteiger partial charge in [0.15, 0.2) is 0 Å². The van der Waals surface area contributed by atoms with E-state index in [0.717, 1.165) is 19.6 Å². The lowest BCUT2D eigenvalue weighted by atomic mass is 9.76. The van der Waals surface area contributed by atoms with Crippen molar-refractivity contribution in [2.75, 3.05) is 19.8 Å². The van der Waals surface area contributed by atoms with Crippen LogP contribution in [-0.2, 0) is 4.74 Å². The number of aliphatic hydroxyl groups is 1. The third-order valence-electron chi connectivity index (χ3n) is 4.25. The summed E-state index contributed by atoms with van der Waals surface area (Å²) < 4.78 is 5.97. The van der Waals surface area contributed by atoms with Gasteiger partial charge in [-0.2, -0.15) is 0 Å². The lowest BCUT2D eigenvalue weighted by Gasteiger charge is -2.35. The van der Waals surface area contributed by atoms with Crippen LogP contribution in [0.3, 0.4) is 0 Å². The van der Waals surface area contributed by atoms with Crippen molar-refractivity contribution >= 4 is 0 Å². The lowest BCUT2D eigenvalue weighted by Crippen LogP contribution is -2.46. The number of hydrogen-bond acceptors (Lipinski definition) is 3. The zero-order chi connectivity index (χ0) is 13.6. The standard InChI is InChI=1S/C15H31NO2/c1-5-16-15(4,12-17)10-11-18-13-6-8-14(2,3)9-7-13/h13,16-17H,5-12H2,1-4H3. The molecule has 2 N–H and O–H groups in total. The van der Waals surface area contributed by atoms with E-state index in [2.05, 4.69) is 33.0 Å². The van der Waals surface area contributed by atoms with Gasteiger partial charge in [0.2, 0.25) is 0 Å². The number of rotatable bonds is 7. The van der Waals surface area contributed by atoms with E-state index in [4.69, 9.17) is 4.74 Å². The van der Waals surface area contributed by atoms with Gasteiger partial charge in [-0.25, -0.2) is 0 Å². The smallest absolute Gasteiger partial charge is 0.0611 e. The number of ether oxygens (including phenoxy) is 1. The molecule has 1 aliphatic carbocycles. The first-order chi connectivity index (χ1) is 8.41. The van der Waals surface area contributed by atoms with E-state index < -0.39 is 0 Å². The summed E-state index contributed by atoms with van der Waals surface area (Å²) in [5.41, 5.74) is 0.311. The maximum atomic E-state index is 9.40. The molecule has 0 aromatic heterocycles. The van der Waals surface area contributed by atoms with E-state index in [-0.39, 0.29) is 12.1 Å². The molecule has 1 unspecified atom stereocenters. The Bertz CT molecular complexity index is 233. The summed E-state index contributed by atoms with van der Waals surface area (Å²) >= 11 is 0. The fraction of sp³-hybridized carbons (Fsp3) is 1.00. The minimum atomic E-state index is -0.192. The van der Waals surface area contributed by atoms with Crippen molar-refractivity contribution in [1.82, 2.24) is 5.32 Å². The molecule has 108 valence electrons. The van der Waals surface area contributed by atoms with Crippen molar-refractivity contribution in [2.24, 2.45) is 5.41 Å². The number of aliphatic hydroxyl groups excluding tert-OH is 1. The Kier molecular flexibility index (Phi) is 6.09. The zero-order valence-electron chi connectivity index (χ0n) is 12.6. The van der Waals surface area contributed by atoms with Gasteiger partial charge in [-0.1, -0.05) is 20.8 Å². The first kappa shape index (κ1) is 15.9. The minimum absolute atomic E-state index is 0.169. The van der Waals surface area contributed by atoms with Crippen LogP contribution in [0.1, 0.15) is 59.8 Å². The fourth-order valence-corrected chi connectivity index (χ4v) is 2.64. The summed E-state index contributed by atoms with van der Waals surface area (Å²) in [5, 5.41) is 12.7. The normalized spacial score (nSPS) is 23.8. The van der Waals surface area contributed by atoms with Crippen molar-refractivity contribution in [3.05, 3.63) is 0 Å². The summed E-state index contributed by atoms with van der Waals surface area (Å²) in [7, 11) is 0. The second kappa shape index (κ2) is 6.88. The van der Waals surface area contributed by atoms with Gasteiger partial charge in [0, 0.05) is 12.1 Å². The highest BCUT2D eigenvalue weighted by Crippen LogP contribution is 2.36. The van der Waals surface area contributed by atoms with Crippen LogP contribution in [0.2, 0.25) is 0 Å². The van der Waals surface area contributed by atoms with Gasteiger partial charge in [0.05, 0.1) is 12.7 Å². The molecular weight excluding hydrogens is 226 g/mol. The predicted octanol–water partition coefficient (Wildman–Crippen LogP) is 2.72. The molecule has 0 aromatic rings. The van der Waals surface area contributed by atoms with Gasteiger partial charge in [-0.15, -0.1) is 0 Å². The van der Waals surface area contributed by atoms with Crippen molar-refractivity contribution in [1.29, 1.82) is 0 Å². The van der Waals surface area contributed by atoms with Crippen LogP contribution >= 0.6 is 0 Å². The molecule has 3 nitrogen and oxygen atoms in total. The number of nitrogens with one attached hydrogen (secondary N) is 1. The largest absolute Gasteiger partial charge is 0.394 e. The molecule has 0 aromatic carbocycles. The molecule has 0 aliphatic heterocycles. The van der Waals surface area contributed by atoms with E-state index in [0.29, 0.717) is 11.5 Å². The molecular formula is C15H31NO2. The molecule has 0 bridgehead atoms. The highest BCUT2D eigenvalue weighted by Gasteiger charge is 2.28. The molecule has 1 aliphatic rings. The number of hydrogen-bond donors (Lipinski definition) is 2. The fourth-order valence-electron chi connectivity index (χ4n) is 2.64. The average molecular weight is 257 g/mol. The molecule has 1 rings (SSSR count). The van der Waals surface area contributed by atoms with Crippen molar-refractivity contribution < 1.29 is 9.84 Å². The molecule has 0 heterocycles. The average Bonchev–Trinajstić information content (AvgIpc) is 2.32. The van der Waals surface area contributed by atoms with Crippen LogP contribution in [0, 0.1) is 5.41 Å². The third kappa shape index (κ3) is 5.25. The summed E-state index contributed by atoms with van der Waals surface area (Å²) in [5.74, 6) is 0. The van der Waals surface area contributed by atoms with Gasteiger partial charge < -0.3 is 15.2 Å². The summed E-state index contributed by atoms with van der Waals surface area (Å²) in [4.78, 5) is 0. The molecule has 3 heteroatoms. The van der Waals surface area contributed by atoms with E-state index >= 15 is 0 Å². The van der Waals surface area contributed by atoms with Crippen LogP contribution in [0.15, 0.2) is 0 Å². The minimum Gasteiger partial charge on any atom is -0.394 e. The Hall–Kier alpha value is -0.120. The molecule has 0 amide bonds.